The minimum atomic E-state index is -3.44. The van der Waals surface area contributed by atoms with Gasteiger partial charge in [0.05, 0.1) is 31.9 Å². The molecule has 4 heterocycles. The molecule has 0 aromatic heterocycles. The van der Waals surface area contributed by atoms with Gasteiger partial charge in [-0.25, -0.2) is 25.3 Å². The number of oxime groups is 1. The van der Waals surface area contributed by atoms with E-state index in [1.165, 1.54) is 17.8 Å². The second-order valence-corrected chi connectivity index (χ2v) is 25.2. The molecule has 4 aliphatic rings. The lowest BCUT2D eigenvalue weighted by Gasteiger charge is -2.05. The Morgan fingerprint density at radius 3 is 1.71 bits per heavy atom. The Morgan fingerprint density at radius 2 is 1.13 bits per heavy atom. The molecule has 0 spiro atoms. The van der Waals surface area contributed by atoms with Crippen molar-refractivity contribution in [2.75, 3.05) is 28.8 Å². The van der Waals surface area contributed by atoms with Crippen LogP contribution >= 0.6 is 81.5 Å². The second-order valence-electron chi connectivity index (χ2n) is 15.4. The number of ketones is 2. The molecule has 23 heteroatoms. The molecular weight excluding hydrogens is 1080 g/mol. The summed E-state index contributed by atoms with van der Waals surface area (Å²) in [4.78, 5) is 35.5. The van der Waals surface area contributed by atoms with E-state index >= 15 is 0 Å². The first-order chi connectivity index (χ1) is 31.6. The standard InChI is InChI=1S/C9H8ClNO3S.C9H10ClNO2S.C9H7ClO3S.C9H9ClO2S.C9H7ClOS/c1-5-7(10)3-2-6-8(11-12)4-15(13,14)9(5)6;2*1-5-7(10)3-2-6-8(11)4-14(12,13)9(5)6;1-6-7(10)3-2-4-8(6)13-5-9(11)12;1-5-7(10)3-2-6-8(11)4-12-9(5)6/h2-3,12H,4H2,1H3;2-3,8H,4,11H2,1H3;2-3H,4H2,1H3;2-4H,5H2,1H3,(H,11,12);2-3H,4H2,1H3. The molecule has 0 saturated carbocycles. The van der Waals surface area contributed by atoms with Gasteiger partial charge >= 0.3 is 5.97 Å². The quantitative estimate of drug-likeness (QED) is 0.0867. The molecule has 0 radical (unpaired) electrons. The van der Waals surface area contributed by atoms with E-state index in [9.17, 15) is 39.6 Å². The Hall–Kier alpha value is -3.66. The molecule has 0 aliphatic carbocycles. The van der Waals surface area contributed by atoms with Crippen molar-refractivity contribution in [2.45, 2.75) is 65.1 Å². The summed E-state index contributed by atoms with van der Waals surface area (Å²) >= 11 is 32.1. The number of carbonyl (C=O) groups excluding carboxylic acids is 2. The Bertz CT molecular complexity index is 3280. The third kappa shape index (κ3) is 12.1. The maximum Gasteiger partial charge on any atom is 0.313 e. The second kappa shape index (κ2) is 22.2. The number of sulfone groups is 3. The van der Waals surface area contributed by atoms with E-state index in [1.807, 2.05) is 32.0 Å². The first-order valence-electron chi connectivity index (χ1n) is 19.7. The van der Waals surface area contributed by atoms with Gasteiger partial charge < -0.3 is 16.0 Å². The number of thioether (sulfide) groups is 2. The van der Waals surface area contributed by atoms with Crippen LogP contribution in [-0.4, -0.2) is 87.6 Å². The van der Waals surface area contributed by atoms with E-state index in [4.69, 9.17) is 74.1 Å². The molecule has 0 bridgehead atoms. The van der Waals surface area contributed by atoms with Crippen LogP contribution in [0.1, 0.15) is 65.7 Å². The van der Waals surface area contributed by atoms with Crippen LogP contribution in [0.2, 0.25) is 25.1 Å². The number of carbonyl (C=O) groups is 3. The SMILES string of the molecule is Cc1c(Cl)ccc2c1S(=O)(=O)CC2=NO.Cc1c(Cl)ccc2c1S(=O)(=O)CC2=O.Cc1c(Cl)ccc2c1S(=O)(=O)CC2N.Cc1c(Cl)ccc2c1SCC2=O.Cc1c(Cl)cccc1SCC(=O)O. The first kappa shape index (κ1) is 55.3. The van der Waals surface area contributed by atoms with E-state index in [-0.39, 0.29) is 49.9 Å². The topological polar surface area (TPSA) is 232 Å². The number of halogens is 5. The molecule has 4 aliphatic heterocycles. The number of Topliss-reactive ketones (excluding diaryl/α,β-unsaturated/α-hetero) is 2. The Balaban J connectivity index is 0.000000159. The molecule has 68 heavy (non-hydrogen) atoms. The van der Waals surface area contributed by atoms with E-state index in [0.717, 1.165) is 31.5 Å². The van der Waals surface area contributed by atoms with Gasteiger partial charge in [-0.3, -0.25) is 14.4 Å². The molecular formula is C45H41Cl5N2O11S5. The number of aliphatic carboxylic acids is 1. The van der Waals surface area contributed by atoms with E-state index in [1.54, 1.807) is 75.0 Å². The molecule has 5 aromatic rings. The predicted molar refractivity (Wildman–Crippen MR) is 270 cm³/mol. The van der Waals surface area contributed by atoms with Gasteiger partial charge in [-0.2, -0.15) is 0 Å². The monoisotopic (exact) mass is 1120 g/mol. The zero-order valence-electron chi connectivity index (χ0n) is 36.5. The molecule has 4 N–H and O–H groups in total. The minimum absolute atomic E-state index is 0.0104. The number of carboxylic acids is 1. The number of carboxylic acid groups (broad SMARTS) is 1. The van der Waals surface area contributed by atoms with E-state index in [2.05, 4.69) is 5.16 Å². The normalized spacial score (nSPS) is 17.7. The fourth-order valence-electron chi connectivity index (χ4n) is 7.29. The minimum Gasteiger partial charge on any atom is -0.481 e. The van der Waals surface area contributed by atoms with Gasteiger partial charge in [0, 0.05) is 57.6 Å². The van der Waals surface area contributed by atoms with Crippen molar-refractivity contribution in [1.29, 1.82) is 0 Å². The molecule has 9 rings (SSSR count). The highest BCUT2D eigenvalue weighted by molar-refractivity contribution is 8.00. The summed E-state index contributed by atoms with van der Waals surface area (Å²) in [5, 5.41) is 22.8. The molecule has 1 unspecified atom stereocenters. The Morgan fingerprint density at radius 1 is 0.647 bits per heavy atom. The Kier molecular flexibility index (Phi) is 18.0. The van der Waals surface area contributed by atoms with Gasteiger partial charge in [0.25, 0.3) is 0 Å². The lowest BCUT2D eigenvalue weighted by molar-refractivity contribution is -0.133. The van der Waals surface area contributed by atoms with Crippen LogP contribution < -0.4 is 5.73 Å². The van der Waals surface area contributed by atoms with E-state index in [0.29, 0.717) is 58.6 Å². The molecule has 1 atom stereocenters. The van der Waals surface area contributed by atoms with Gasteiger partial charge in [0.2, 0.25) is 0 Å². The van der Waals surface area contributed by atoms with Crippen molar-refractivity contribution in [3.05, 3.63) is 142 Å². The van der Waals surface area contributed by atoms with Crippen molar-refractivity contribution in [2.24, 2.45) is 10.9 Å². The van der Waals surface area contributed by atoms with Crippen LogP contribution in [0.15, 0.2) is 96.4 Å². The van der Waals surface area contributed by atoms with Gasteiger partial charge in [-0.1, -0.05) is 81.4 Å². The number of fused-ring (bicyclic) bond motifs is 4. The molecule has 0 saturated heterocycles. The van der Waals surface area contributed by atoms with Gasteiger partial charge in [-0.15, -0.1) is 23.5 Å². The van der Waals surface area contributed by atoms with Crippen molar-refractivity contribution >= 4 is 134 Å². The summed E-state index contributed by atoms with van der Waals surface area (Å²) in [6.45, 7) is 8.78. The third-order valence-corrected chi connectivity index (χ3v) is 20.7. The zero-order chi connectivity index (χ0) is 50.8. The average molecular weight is 1120 g/mol. The average Bonchev–Trinajstić information content (AvgIpc) is 3.93. The van der Waals surface area contributed by atoms with Crippen LogP contribution in [0.5, 0.6) is 0 Å². The third-order valence-electron chi connectivity index (χ3n) is 10.7. The molecule has 5 aromatic carbocycles. The highest BCUT2D eigenvalue weighted by Crippen LogP contribution is 2.39. The van der Waals surface area contributed by atoms with Crippen molar-refractivity contribution in [1.82, 2.24) is 0 Å². The van der Waals surface area contributed by atoms with Crippen LogP contribution in [0.4, 0.5) is 0 Å². The number of rotatable bonds is 3. The highest BCUT2D eigenvalue weighted by Gasteiger charge is 2.37. The Labute approximate surface area is 427 Å². The van der Waals surface area contributed by atoms with Crippen LogP contribution in [-0.2, 0) is 34.3 Å². The number of hydrogen-bond donors (Lipinski definition) is 3. The molecule has 0 amide bonds. The number of hydrogen-bond acceptors (Lipinski definition) is 14. The lowest BCUT2D eigenvalue weighted by Crippen LogP contribution is -2.11. The largest absolute Gasteiger partial charge is 0.481 e. The van der Waals surface area contributed by atoms with Gasteiger partial charge in [0.15, 0.2) is 41.1 Å². The first-order valence-corrected chi connectivity index (χ1v) is 28.6. The zero-order valence-corrected chi connectivity index (χ0v) is 44.4. The van der Waals surface area contributed by atoms with Crippen molar-refractivity contribution in [3.63, 3.8) is 0 Å². The van der Waals surface area contributed by atoms with Crippen LogP contribution in [0.25, 0.3) is 0 Å². The van der Waals surface area contributed by atoms with Crippen LogP contribution in [0, 0.1) is 34.6 Å². The maximum absolute atomic E-state index is 11.7. The summed E-state index contributed by atoms with van der Waals surface area (Å²) in [5.74, 6) is -1.01. The number of benzene rings is 5. The van der Waals surface area contributed by atoms with Crippen molar-refractivity contribution < 1.29 is 50.0 Å². The number of nitrogens with zero attached hydrogens (tertiary/aromatic N) is 1. The summed E-state index contributed by atoms with van der Waals surface area (Å²) in [7, 11) is -10.1. The van der Waals surface area contributed by atoms with E-state index < -0.39 is 47.3 Å². The van der Waals surface area contributed by atoms with Crippen molar-refractivity contribution in [3.8, 4) is 0 Å². The fourth-order valence-corrected chi connectivity index (χ4v) is 15.8. The lowest BCUT2D eigenvalue weighted by atomic mass is 10.1. The number of nitrogens with two attached hydrogens (primary N) is 1. The smallest absolute Gasteiger partial charge is 0.313 e. The molecule has 0 fully saturated rings. The summed E-state index contributed by atoms with van der Waals surface area (Å²) < 4.78 is 70.0. The molecule has 13 nitrogen and oxygen atoms in total. The molecule has 362 valence electrons. The summed E-state index contributed by atoms with van der Waals surface area (Å²) in [6.07, 6.45) is 0. The summed E-state index contributed by atoms with van der Waals surface area (Å²) in [5.41, 5.74) is 11.7. The fraction of sp³-hybridized carbons (Fsp3) is 0.244. The maximum atomic E-state index is 11.7. The van der Waals surface area contributed by atoms with Crippen LogP contribution in [0.3, 0.4) is 0 Å². The van der Waals surface area contributed by atoms with Gasteiger partial charge in [-0.05, 0) is 117 Å². The summed E-state index contributed by atoms with van der Waals surface area (Å²) in [6, 6.07) is 18.2. The predicted octanol–water partition coefficient (Wildman–Crippen LogP) is 10.4. The highest BCUT2D eigenvalue weighted by atomic mass is 35.5. The van der Waals surface area contributed by atoms with Gasteiger partial charge in [0.1, 0.15) is 17.2 Å².